The van der Waals surface area contributed by atoms with E-state index in [1.807, 2.05) is 12.3 Å². The SMILES string of the molecule is C[C@H]1C2CCC(CC2)[C@@H]1Cc1cc(-c2ccc(NC=O)o2)nc(-c2c[nH]c3ncc(Cl)nc23)n1. The number of H-pyrrole nitrogens is 1. The number of nitrogens with zero attached hydrogens (tertiary/aromatic N) is 4. The van der Waals surface area contributed by atoms with Crippen molar-refractivity contribution in [2.75, 3.05) is 5.32 Å². The van der Waals surface area contributed by atoms with Gasteiger partial charge >= 0.3 is 0 Å². The molecular weight excluding hydrogens is 452 g/mol. The zero-order valence-electron chi connectivity index (χ0n) is 18.8. The molecule has 9 heteroatoms. The summed E-state index contributed by atoms with van der Waals surface area (Å²) in [6.45, 7) is 2.41. The van der Waals surface area contributed by atoms with Gasteiger partial charge in [-0.1, -0.05) is 18.5 Å². The summed E-state index contributed by atoms with van der Waals surface area (Å²) in [6, 6.07) is 5.53. The van der Waals surface area contributed by atoms with Gasteiger partial charge in [-0.3, -0.25) is 10.1 Å². The van der Waals surface area contributed by atoms with E-state index in [9.17, 15) is 4.79 Å². The Balaban J connectivity index is 1.44. The van der Waals surface area contributed by atoms with E-state index in [1.165, 1.54) is 31.9 Å². The normalized spacial score (nSPS) is 23.9. The van der Waals surface area contributed by atoms with Crippen LogP contribution in [0, 0.1) is 23.7 Å². The number of halogens is 1. The van der Waals surface area contributed by atoms with Crippen molar-refractivity contribution in [3.63, 3.8) is 0 Å². The second-order valence-electron chi connectivity index (χ2n) is 9.49. The molecule has 1 amide bonds. The van der Waals surface area contributed by atoms with Crippen LogP contribution in [0.5, 0.6) is 0 Å². The summed E-state index contributed by atoms with van der Waals surface area (Å²) in [5.41, 5.74) is 3.64. The fourth-order valence-corrected chi connectivity index (χ4v) is 6.11. The molecule has 4 aromatic heterocycles. The first-order valence-corrected chi connectivity index (χ1v) is 12.1. The van der Waals surface area contributed by atoms with Gasteiger partial charge in [-0.05, 0) is 67.9 Å². The quantitative estimate of drug-likeness (QED) is 0.355. The Hall–Kier alpha value is -3.26. The topological polar surface area (TPSA) is 110 Å². The fraction of sp³-hybridized carbons (Fsp3) is 0.400. The molecule has 2 bridgehead atoms. The van der Waals surface area contributed by atoms with Crippen molar-refractivity contribution in [1.82, 2.24) is 24.9 Å². The number of amides is 1. The lowest BCUT2D eigenvalue weighted by molar-refractivity contribution is -0.105. The molecule has 0 radical (unpaired) electrons. The van der Waals surface area contributed by atoms with Gasteiger partial charge in [0, 0.05) is 18.0 Å². The highest BCUT2D eigenvalue weighted by Gasteiger charge is 2.41. The van der Waals surface area contributed by atoms with Crippen molar-refractivity contribution in [3.8, 4) is 22.8 Å². The van der Waals surface area contributed by atoms with Crippen molar-refractivity contribution in [3.05, 3.63) is 41.4 Å². The Morgan fingerprint density at radius 1 is 1.18 bits per heavy atom. The molecule has 0 aliphatic heterocycles. The minimum atomic E-state index is 0.312. The molecule has 2 atom stereocenters. The highest BCUT2D eigenvalue weighted by molar-refractivity contribution is 6.29. The molecule has 3 saturated carbocycles. The molecule has 0 spiro atoms. The van der Waals surface area contributed by atoms with E-state index >= 15 is 0 Å². The largest absolute Gasteiger partial charge is 0.439 e. The van der Waals surface area contributed by atoms with Crippen LogP contribution in [-0.2, 0) is 11.2 Å². The Kier molecular flexibility index (Phi) is 5.32. The third kappa shape index (κ3) is 3.76. The molecule has 0 aromatic carbocycles. The van der Waals surface area contributed by atoms with Gasteiger partial charge in [-0.2, -0.15) is 0 Å². The summed E-state index contributed by atoms with van der Waals surface area (Å²) in [4.78, 5) is 32.5. The number of rotatable bonds is 6. The van der Waals surface area contributed by atoms with E-state index in [0.717, 1.165) is 29.5 Å². The molecule has 3 fully saturated rings. The summed E-state index contributed by atoms with van der Waals surface area (Å²) < 4.78 is 5.81. The third-order valence-electron chi connectivity index (χ3n) is 7.72. The molecular formula is C25H25ClN6O2. The third-order valence-corrected chi connectivity index (χ3v) is 7.90. The van der Waals surface area contributed by atoms with E-state index in [1.54, 1.807) is 12.1 Å². The minimum Gasteiger partial charge on any atom is -0.439 e. The van der Waals surface area contributed by atoms with Crippen LogP contribution in [0.3, 0.4) is 0 Å². The van der Waals surface area contributed by atoms with Crippen LogP contribution in [0.2, 0.25) is 5.15 Å². The van der Waals surface area contributed by atoms with Gasteiger partial charge in [0.05, 0.1) is 11.8 Å². The molecule has 3 aliphatic carbocycles. The van der Waals surface area contributed by atoms with E-state index in [-0.39, 0.29) is 0 Å². The molecule has 34 heavy (non-hydrogen) atoms. The molecule has 3 aliphatic rings. The van der Waals surface area contributed by atoms with Gasteiger partial charge < -0.3 is 9.40 Å². The van der Waals surface area contributed by atoms with E-state index in [2.05, 4.69) is 27.2 Å². The highest BCUT2D eigenvalue weighted by atomic mass is 35.5. The Morgan fingerprint density at radius 3 is 2.79 bits per heavy atom. The number of furan rings is 1. The average molecular weight is 477 g/mol. The maximum absolute atomic E-state index is 10.8. The zero-order chi connectivity index (χ0) is 23.2. The van der Waals surface area contributed by atoms with Crippen molar-refractivity contribution < 1.29 is 9.21 Å². The molecule has 2 N–H and O–H groups in total. The summed E-state index contributed by atoms with van der Waals surface area (Å²) in [5, 5.41) is 2.86. The lowest BCUT2D eigenvalue weighted by Gasteiger charge is -2.47. The predicted octanol–water partition coefficient (Wildman–Crippen LogP) is 5.51. The van der Waals surface area contributed by atoms with Gasteiger partial charge in [0.15, 0.2) is 23.1 Å². The first-order chi connectivity index (χ1) is 16.6. The minimum absolute atomic E-state index is 0.312. The summed E-state index contributed by atoms with van der Waals surface area (Å²) in [7, 11) is 0. The van der Waals surface area contributed by atoms with Crippen LogP contribution in [0.25, 0.3) is 34.0 Å². The second kappa shape index (κ2) is 8.51. The smallest absolute Gasteiger partial charge is 0.213 e. The highest BCUT2D eigenvalue weighted by Crippen LogP contribution is 2.49. The maximum atomic E-state index is 10.8. The Labute approximate surface area is 201 Å². The van der Waals surface area contributed by atoms with Crippen molar-refractivity contribution in [2.24, 2.45) is 23.7 Å². The molecule has 7 rings (SSSR count). The molecule has 8 nitrogen and oxygen atoms in total. The fourth-order valence-electron chi connectivity index (χ4n) is 5.97. The first kappa shape index (κ1) is 21.3. The van der Waals surface area contributed by atoms with Gasteiger partial charge in [-0.15, -0.1) is 0 Å². The van der Waals surface area contributed by atoms with Gasteiger partial charge in [-0.25, -0.2) is 19.9 Å². The van der Waals surface area contributed by atoms with Gasteiger partial charge in [0.2, 0.25) is 6.41 Å². The second-order valence-corrected chi connectivity index (χ2v) is 9.88. The summed E-state index contributed by atoms with van der Waals surface area (Å²) >= 11 is 6.13. The van der Waals surface area contributed by atoms with Crippen LogP contribution < -0.4 is 5.32 Å². The Bertz CT molecular complexity index is 1350. The lowest BCUT2D eigenvalue weighted by Crippen LogP contribution is -2.39. The van der Waals surface area contributed by atoms with Crippen LogP contribution in [0.4, 0.5) is 5.88 Å². The number of hydrogen-bond acceptors (Lipinski definition) is 6. The lowest BCUT2D eigenvalue weighted by atomic mass is 9.58. The van der Waals surface area contributed by atoms with Crippen LogP contribution in [-0.4, -0.2) is 31.3 Å². The molecule has 0 unspecified atom stereocenters. The standard InChI is InChI=1S/C25H25ClN6O2/c1-13-14-2-4-15(5-3-14)17(13)8-16-9-19(20-6-7-22(34-20)29-12-33)31-24(30-16)18-10-27-25-23(18)32-21(26)11-28-25/h6-7,9-15,17H,2-5,8H2,1H3,(H,27,28)(H,29,33)/t13-,14?,15?,17+/m0/s1. The number of carbonyl (C=O) groups excluding carboxylic acids is 1. The number of aromatic nitrogens is 5. The van der Waals surface area contributed by atoms with Gasteiger partial charge in [0.1, 0.15) is 16.4 Å². The van der Waals surface area contributed by atoms with Crippen molar-refractivity contribution in [2.45, 2.75) is 39.0 Å². The number of nitrogens with one attached hydrogen (secondary N) is 2. The van der Waals surface area contributed by atoms with E-state index < -0.39 is 0 Å². The van der Waals surface area contributed by atoms with Crippen LogP contribution in [0.15, 0.2) is 35.0 Å². The molecule has 4 aromatic rings. The maximum Gasteiger partial charge on any atom is 0.213 e. The van der Waals surface area contributed by atoms with Crippen molar-refractivity contribution in [1.29, 1.82) is 0 Å². The number of carbonyl (C=O) groups is 1. The monoisotopic (exact) mass is 476 g/mol. The van der Waals surface area contributed by atoms with E-state index in [0.29, 0.717) is 57.7 Å². The zero-order valence-corrected chi connectivity index (χ0v) is 19.5. The van der Waals surface area contributed by atoms with Crippen molar-refractivity contribution >= 4 is 35.1 Å². The number of anilines is 1. The summed E-state index contributed by atoms with van der Waals surface area (Å²) in [5.74, 6) is 4.37. The molecule has 4 heterocycles. The molecule has 0 saturated heterocycles. The van der Waals surface area contributed by atoms with Gasteiger partial charge in [0.25, 0.3) is 0 Å². The number of hydrogen-bond donors (Lipinski definition) is 2. The average Bonchev–Trinajstić information content (AvgIpc) is 3.49. The van der Waals surface area contributed by atoms with Crippen LogP contribution in [0.1, 0.15) is 38.3 Å². The molecule has 174 valence electrons. The predicted molar refractivity (Wildman–Crippen MR) is 129 cm³/mol. The first-order valence-electron chi connectivity index (χ1n) is 11.8. The van der Waals surface area contributed by atoms with E-state index in [4.69, 9.17) is 26.0 Å². The Morgan fingerprint density at radius 2 is 2.00 bits per heavy atom. The van der Waals surface area contributed by atoms with Crippen LogP contribution >= 0.6 is 11.6 Å². The number of fused-ring (bicyclic) bond motifs is 4. The summed E-state index contributed by atoms with van der Waals surface area (Å²) in [6.07, 6.45) is 10.2. The number of aromatic amines is 1.